The summed E-state index contributed by atoms with van der Waals surface area (Å²) in [6.45, 7) is 3.60. The standard InChI is InChI=1S/C11H22BrNO2S/c1-10(12)5-3-6-11-7-4-8-13(9-11)16(2,14)15/h10-11H,3-9H2,1-2H3. The zero-order valence-corrected chi connectivity index (χ0v) is 12.6. The minimum Gasteiger partial charge on any atom is -0.213 e. The molecule has 1 fully saturated rings. The maximum atomic E-state index is 11.4. The van der Waals surface area contributed by atoms with Gasteiger partial charge in [-0.1, -0.05) is 29.3 Å². The Morgan fingerprint density at radius 1 is 1.50 bits per heavy atom. The van der Waals surface area contributed by atoms with Gasteiger partial charge < -0.3 is 0 Å². The SMILES string of the molecule is CC(Br)CCCC1CCCN(S(C)(=O)=O)C1. The Balaban J connectivity index is 2.34. The van der Waals surface area contributed by atoms with Gasteiger partial charge in [0, 0.05) is 17.9 Å². The maximum Gasteiger partial charge on any atom is 0.211 e. The van der Waals surface area contributed by atoms with E-state index in [4.69, 9.17) is 0 Å². The van der Waals surface area contributed by atoms with Gasteiger partial charge in [-0.25, -0.2) is 12.7 Å². The number of hydrogen-bond acceptors (Lipinski definition) is 2. The topological polar surface area (TPSA) is 37.4 Å². The average Bonchev–Trinajstić information content (AvgIpc) is 2.16. The van der Waals surface area contributed by atoms with Gasteiger partial charge in [0.2, 0.25) is 10.0 Å². The van der Waals surface area contributed by atoms with E-state index >= 15 is 0 Å². The molecule has 1 aliphatic heterocycles. The van der Waals surface area contributed by atoms with Crippen molar-refractivity contribution < 1.29 is 8.42 Å². The molecule has 96 valence electrons. The fourth-order valence-corrected chi connectivity index (χ4v) is 3.52. The Morgan fingerprint density at radius 2 is 2.19 bits per heavy atom. The molecule has 5 heteroatoms. The Kier molecular flexibility index (Phi) is 5.74. The van der Waals surface area contributed by atoms with Crippen LogP contribution in [-0.4, -0.2) is 36.9 Å². The van der Waals surface area contributed by atoms with Gasteiger partial charge in [-0.2, -0.15) is 0 Å². The van der Waals surface area contributed by atoms with Crippen LogP contribution in [0.2, 0.25) is 0 Å². The molecule has 0 amide bonds. The number of rotatable bonds is 5. The van der Waals surface area contributed by atoms with E-state index in [9.17, 15) is 8.42 Å². The van der Waals surface area contributed by atoms with Crippen LogP contribution in [0.3, 0.4) is 0 Å². The lowest BCUT2D eigenvalue weighted by Gasteiger charge is -2.31. The first kappa shape index (κ1) is 14.5. The highest BCUT2D eigenvalue weighted by Crippen LogP contribution is 2.24. The van der Waals surface area contributed by atoms with E-state index in [1.165, 1.54) is 25.5 Å². The lowest BCUT2D eigenvalue weighted by molar-refractivity contribution is 0.253. The third kappa shape index (κ3) is 5.15. The molecule has 1 saturated heterocycles. The van der Waals surface area contributed by atoms with Crippen LogP contribution < -0.4 is 0 Å². The van der Waals surface area contributed by atoms with Crippen LogP contribution in [0.25, 0.3) is 0 Å². The minimum atomic E-state index is -2.98. The van der Waals surface area contributed by atoms with Crippen molar-refractivity contribution in [1.82, 2.24) is 4.31 Å². The van der Waals surface area contributed by atoms with Crippen molar-refractivity contribution in [3.05, 3.63) is 0 Å². The molecule has 3 nitrogen and oxygen atoms in total. The van der Waals surface area contributed by atoms with Crippen molar-refractivity contribution in [2.45, 2.75) is 43.9 Å². The molecule has 2 atom stereocenters. The number of halogens is 1. The molecule has 1 rings (SSSR count). The van der Waals surface area contributed by atoms with E-state index in [0.717, 1.165) is 19.4 Å². The Morgan fingerprint density at radius 3 is 2.75 bits per heavy atom. The summed E-state index contributed by atoms with van der Waals surface area (Å²) in [5.41, 5.74) is 0. The first-order valence-electron chi connectivity index (χ1n) is 5.99. The summed E-state index contributed by atoms with van der Waals surface area (Å²) >= 11 is 3.54. The predicted molar refractivity (Wildman–Crippen MR) is 71.4 cm³/mol. The average molecular weight is 312 g/mol. The van der Waals surface area contributed by atoms with Gasteiger partial charge in [-0.3, -0.25) is 0 Å². The van der Waals surface area contributed by atoms with Gasteiger partial charge in [0.15, 0.2) is 0 Å². The van der Waals surface area contributed by atoms with Crippen molar-refractivity contribution in [2.75, 3.05) is 19.3 Å². The molecule has 1 heterocycles. The van der Waals surface area contributed by atoms with Crippen LogP contribution in [0.15, 0.2) is 0 Å². The maximum absolute atomic E-state index is 11.4. The smallest absolute Gasteiger partial charge is 0.211 e. The fourth-order valence-electron chi connectivity index (χ4n) is 2.25. The molecule has 0 N–H and O–H groups in total. The molecular weight excluding hydrogens is 290 g/mol. The highest BCUT2D eigenvalue weighted by atomic mass is 79.9. The molecule has 0 aromatic carbocycles. The lowest BCUT2D eigenvalue weighted by atomic mass is 9.94. The van der Waals surface area contributed by atoms with E-state index in [0.29, 0.717) is 17.3 Å². The van der Waals surface area contributed by atoms with Crippen molar-refractivity contribution in [3.8, 4) is 0 Å². The first-order valence-corrected chi connectivity index (χ1v) is 8.75. The van der Waals surface area contributed by atoms with Crippen molar-refractivity contribution >= 4 is 26.0 Å². The van der Waals surface area contributed by atoms with Gasteiger partial charge in [-0.05, 0) is 31.6 Å². The molecule has 0 spiro atoms. The molecule has 0 aliphatic carbocycles. The molecule has 0 saturated carbocycles. The molecular formula is C11H22BrNO2S. The van der Waals surface area contributed by atoms with Crippen LogP contribution in [0.5, 0.6) is 0 Å². The number of alkyl halides is 1. The van der Waals surface area contributed by atoms with Gasteiger partial charge in [0.05, 0.1) is 6.26 Å². The van der Waals surface area contributed by atoms with E-state index < -0.39 is 10.0 Å². The highest BCUT2D eigenvalue weighted by molar-refractivity contribution is 9.09. The molecule has 1 aliphatic rings. The summed E-state index contributed by atoms with van der Waals surface area (Å²) in [4.78, 5) is 0.571. The van der Waals surface area contributed by atoms with Gasteiger partial charge in [0.1, 0.15) is 0 Å². The molecule has 16 heavy (non-hydrogen) atoms. The van der Waals surface area contributed by atoms with Crippen molar-refractivity contribution in [3.63, 3.8) is 0 Å². The first-order chi connectivity index (χ1) is 7.39. The molecule has 2 unspecified atom stereocenters. The number of piperidine rings is 1. The Bertz CT molecular complexity index is 303. The Labute approximate surface area is 108 Å². The second-order valence-corrected chi connectivity index (χ2v) is 8.39. The zero-order chi connectivity index (χ0) is 12.2. The number of sulfonamides is 1. The summed E-state index contributed by atoms with van der Waals surface area (Å²) in [6.07, 6.45) is 7.03. The van der Waals surface area contributed by atoms with Crippen LogP contribution >= 0.6 is 15.9 Å². The lowest BCUT2D eigenvalue weighted by Crippen LogP contribution is -2.39. The summed E-state index contributed by atoms with van der Waals surface area (Å²) in [5, 5.41) is 0. The van der Waals surface area contributed by atoms with E-state index in [2.05, 4.69) is 22.9 Å². The minimum absolute atomic E-state index is 0.565. The molecule has 0 aromatic rings. The number of hydrogen-bond donors (Lipinski definition) is 0. The van der Waals surface area contributed by atoms with Crippen LogP contribution in [0.1, 0.15) is 39.0 Å². The van der Waals surface area contributed by atoms with Gasteiger partial charge in [0.25, 0.3) is 0 Å². The third-order valence-electron chi connectivity index (χ3n) is 3.17. The normalized spacial score (nSPS) is 25.6. The predicted octanol–water partition coefficient (Wildman–Crippen LogP) is 2.61. The molecule has 0 radical (unpaired) electrons. The molecule has 0 aromatic heterocycles. The van der Waals surface area contributed by atoms with Gasteiger partial charge in [-0.15, -0.1) is 0 Å². The van der Waals surface area contributed by atoms with Crippen LogP contribution in [0.4, 0.5) is 0 Å². The van der Waals surface area contributed by atoms with E-state index in [1.54, 1.807) is 4.31 Å². The number of nitrogens with zero attached hydrogens (tertiary/aromatic N) is 1. The summed E-state index contributed by atoms with van der Waals surface area (Å²) in [7, 11) is -2.98. The second kappa shape index (κ2) is 6.36. The summed E-state index contributed by atoms with van der Waals surface area (Å²) in [6, 6.07) is 0. The third-order valence-corrected chi connectivity index (χ3v) is 4.89. The van der Waals surface area contributed by atoms with Crippen molar-refractivity contribution in [2.24, 2.45) is 5.92 Å². The summed E-state index contributed by atoms with van der Waals surface area (Å²) in [5.74, 6) is 0.565. The van der Waals surface area contributed by atoms with E-state index in [-0.39, 0.29) is 0 Å². The quantitative estimate of drug-likeness (QED) is 0.732. The van der Waals surface area contributed by atoms with Gasteiger partial charge >= 0.3 is 0 Å². The van der Waals surface area contributed by atoms with E-state index in [1.807, 2.05) is 0 Å². The van der Waals surface area contributed by atoms with Crippen LogP contribution in [0, 0.1) is 5.92 Å². The largest absolute Gasteiger partial charge is 0.213 e. The molecule has 0 bridgehead atoms. The Hall–Kier alpha value is 0.390. The zero-order valence-electron chi connectivity index (χ0n) is 10.2. The second-order valence-electron chi connectivity index (χ2n) is 4.84. The summed E-state index contributed by atoms with van der Waals surface area (Å²) < 4.78 is 24.5. The highest BCUT2D eigenvalue weighted by Gasteiger charge is 2.25. The van der Waals surface area contributed by atoms with Crippen molar-refractivity contribution in [1.29, 1.82) is 0 Å². The monoisotopic (exact) mass is 311 g/mol. The van der Waals surface area contributed by atoms with Crippen LogP contribution in [-0.2, 0) is 10.0 Å². The fraction of sp³-hybridized carbons (Fsp3) is 1.00.